The lowest BCUT2D eigenvalue weighted by atomic mass is 10.1. The molecule has 1 aromatic rings. The predicted octanol–water partition coefficient (Wildman–Crippen LogP) is 2.76. The number of aliphatic imine (C=N–C) groups is 1. The monoisotopic (exact) mass is 175 g/mol. The molecule has 1 aliphatic heterocycles. The van der Waals surface area contributed by atoms with E-state index in [1.165, 1.54) is 5.56 Å². The SMILES string of the molecule is SC1=NC(c2ccccc2)=CC1. The van der Waals surface area contributed by atoms with Gasteiger partial charge in [0.05, 0.1) is 10.7 Å². The van der Waals surface area contributed by atoms with E-state index >= 15 is 0 Å². The Morgan fingerprint density at radius 1 is 1.17 bits per heavy atom. The van der Waals surface area contributed by atoms with E-state index in [0.29, 0.717) is 0 Å². The van der Waals surface area contributed by atoms with E-state index in [1.807, 2.05) is 18.2 Å². The van der Waals surface area contributed by atoms with Crippen molar-refractivity contribution < 1.29 is 0 Å². The molecule has 0 spiro atoms. The van der Waals surface area contributed by atoms with Crippen molar-refractivity contribution in [1.29, 1.82) is 0 Å². The van der Waals surface area contributed by atoms with Gasteiger partial charge in [-0.25, -0.2) is 4.99 Å². The van der Waals surface area contributed by atoms with Crippen LogP contribution in [0, 0.1) is 0 Å². The average molecular weight is 175 g/mol. The maximum atomic E-state index is 4.30. The normalized spacial score (nSPS) is 15.8. The summed E-state index contributed by atoms with van der Waals surface area (Å²) in [5.74, 6) is 0. The minimum Gasteiger partial charge on any atom is -0.246 e. The van der Waals surface area contributed by atoms with E-state index in [2.05, 4.69) is 35.8 Å². The highest BCUT2D eigenvalue weighted by molar-refractivity contribution is 7.97. The van der Waals surface area contributed by atoms with Crippen LogP contribution in [0.5, 0.6) is 0 Å². The first-order valence-corrected chi connectivity index (χ1v) is 4.33. The standard InChI is InChI=1S/C10H9NS/c12-10-7-6-9(11-10)8-4-2-1-3-5-8/h1-6H,7H2,(H,11,12). The highest BCUT2D eigenvalue weighted by Gasteiger charge is 2.05. The number of thiol groups is 1. The number of rotatable bonds is 1. The van der Waals surface area contributed by atoms with Crippen LogP contribution in [0.25, 0.3) is 5.70 Å². The van der Waals surface area contributed by atoms with Gasteiger partial charge in [-0.05, 0) is 5.56 Å². The van der Waals surface area contributed by atoms with Gasteiger partial charge >= 0.3 is 0 Å². The number of nitrogens with zero attached hydrogens (tertiary/aromatic N) is 1. The summed E-state index contributed by atoms with van der Waals surface area (Å²) < 4.78 is 0. The van der Waals surface area contributed by atoms with Crippen LogP contribution >= 0.6 is 12.6 Å². The Balaban J connectivity index is 2.34. The second kappa shape index (κ2) is 3.15. The van der Waals surface area contributed by atoms with Crippen molar-refractivity contribution in [2.75, 3.05) is 0 Å². The van der Waals surface area contributed by atoms with Crippen LogP contribution < -0.4 is 0 Å². The van der Waals surface area contributed by atoms with Crippen LogP contribution in [-0.4, -0.2) is 5.04 Å². The summed E-state index contributed by atoms with van der Waals surface area (Å²) in [5, 5.41) is 0.897. The van der Waals surface area contributed by atoms with Gasteiger partial charge in [0.1, 0.15) is 0 Å². The Morgan fingerprint density at radius 2 is 1.92 bits per heavy atom. The molecule has 2 rings (SSSR count). The summed E-state index contributed by atoms with van der Waals surface area (Å²) in [5.41, 5.74) is 2.21. The molecule has 2 heteroatoms. The van der Waals surface area contributed by atoms with Gasteiger partial charge in [-0.2, -0.15) is 0 Å². The highest BCUT2D eigenvalue weighted by Crippen LogP contribution is 2.22. The summed E-state index contributed by atoms with van der Waals surface area (Å²) in [6.07, 6.45) is 2.96. The molecule has 0 fully saturated rings. The molecule has 0 aliphatic carbocycles. The first-order chi connectivity index (χ1) is 5.86. The molecule has 1 aromatic carbocycles. The van der Waals surface area contributed by atoms with Crippen molar-refractivity contribution >= 4 is 23.4 Å². The molecule has 0 radical (unpaired) electrons. The maximum absolute atomic E-state index is 4.30. The minimum absolute atomic E-state index is 0.868. The second-order valence-corrected chi connectivity index (χ2v) is 3.20. The van der Waals surface area contributed by atoms with Crippen LogP contribution in [0.3, 0.4) is 0 Å². The minimum atomic E-state index is 0.868. The van der Waals surface area contributed by atoms with Gasteiger partial charge < -0.3 is 0 Å². The van der Waals surface area contributed by atoms with Gasteiger partial charge in [0, 0.05) is 6.42 Å². The van der Waals surface area contributed by atoms with Crippen LogP contribution in [0.15, 0.2) is 41.4 Å². The molecule has 12 heavy (non-hydrogen) atoms. The highest BCUT2D eigenvalue weighted by atomic mass is 32.1. The number of hydrogen-bond donors (Lipinski definition) is 1. The maximum Gasteiger partial charge on any atom is 0.0746 e. The Morgan fingerprint density at radius 3 is 2.50 bits per heavy atom. The largest absolute Gasteiger partial charge is 0.246 e. The fraction of sp³-hybridized carbons (Fsp3) is 0.100. The smallest absolute Gasteiger partial charge is 0.0746 e. The summed E-state index contributed by atoms with van der Waals surface area (Å²) in [6, 6.07) is 10.2. The van der Waals surface area contributed by atoms with Crippen molar-refractivity contribution in [1.82, 2.24) is 0 Å². The molecule has 1 aliphatic rings. The molecule has 0 unspecified atom stereocenters. The third-order valence-corrected chi connectivity index (χ3v) is 2.08. The lowest BCUT2D eigenvalue weighted by molar-refractivity contribution is 1.53. The van der Waals surface area contributed by atoms with E-state index in [4.69, 9.17) is 0 Å². The molecule has 0 saturated carbocycles. The Labute approximate surface area is 77.2 Å². The zero-order valence-electron chi connectivity index (χ0n) is 6.57. The summed E-state index contributed by atoms with van der Waals surface area (Å²) in [6.45, 7) is 0. The second-order valence-electron chi connectivity index (χ2n) is 2.69. The van der Waals surface area contributed by atoms with Crippen LogP contribution in [-0.2, 0) is 0 Å². The first-order valence-electron chi connectivity index (χ1n) is 3.88. The molecule has 0 bridgehead atoms. The summed E-state index contributed by atoms with van der Waals surface area (Å²) >= 11 is 4.20. The molecular formula is C10H9NS. The molecule has 0 saturated heterocycles. The van der Waals surface area contributed by atoms with Crippen molar-refractivity contribution in [2.45, 2.75) is 6.42 Å². The molecule has 0 amide bonds. The summed E-state index contributed by atoms with van der Waals surface area (Å²) in [7, 11) is 0. The molecular weight excluding hydrogens is 166 g/mol. The zero-order chi connectivity index (χ0) is 8.39. The first kappa shape index (κ1) is 7.62. The van der Waals surface area contributed by atoms with E-state index in [0.717, 1.165) is 17.2 Å². The van der Waals surface area contributed by atoms with Gasteiger partial charge in [-0.1, -0.05) is 36.4 Å². The Kier molecular flexibility index (Phi) is 2.00. The van der Waals surface area contributed by atoms with Gasteiger partial charge in [0.25, 0.3) is 0 Å². The van der Waals surface area contributed by atoms with Gasteiger partial charge in [-0.3, -0.25) is 0 Å². The number of benzene rings is 1. The fourth-order valence-corrected chi connectivity index (χ4v) is 1.41. The fourth-order valence-electron chi connectivity index (χ4n) is 1.21. The third kappa shape index (κ3) is 1.43. The third-order valence-electron chi connectivity index (χ3n) is 1.80. The predicted molar refractivity (Wildman–Crippen MR) is 55.5 cm³/mol. The van der Waals surface area contributed by atoms with Crippen molar-refractivity contribution in [3.63, 3.8) is 0 Å². The molecule has 1 nitrogen and oxygen atoms in total. The number of hydrogen-bond acceptors (Lipinski definition) is 1. The average Bonchev–Trinajstić information content (AvgIpc) is 2.54. The number of allylic oxidation sites excluding steroid dienone is 1. The van der Waals surface area contributed by atoms with Crippen LogP contribution in [0.4, 0.5) is 0 Å². The van der Waals surface area contributed by atoms with Gasteiger partial charge in [0.2, 0.25) is 0 Å². The molecule has 60 valence electrons. The van der Waals surface area contributed by atoms with Crippen LogP contribution in [0.1, 0.15) is 12.0 Å². The Hall–Kier alpha value is -1.02. The molecule has 0 N–H and O–H groups in total. The molecule has 1 heterocycles. The van der Waals surface area contributed by atoms with E-state index in [9.17, 15) is 0 Å². The van der Waals surface area contributed by atoms with Crippen molar-refractivity contribution in [3.05, 3.63) is 42.0 Å². The van der Waals surface area contributed by atoms with E-state index in [-0.39, 0.29) is 0 Å². The lowest BCUT2D eigenvalue weighted by Crippen LogP contribution is -1.77. The van der Waals surface area contributed by atoms with Crippen molar-refractivity contribution in [2.24, 2.45) is 4.99 Å². The molecule has 0 aromatic heterocycles. The Bertz CT molecular complexity index is 338. The van der Waals surface area contributed by atoms with Gasteiger partial charge in [0.15, 0.2) is 0 Å². The lowest BCUT2D eigenvalue weighted by Gasteiger charge is -1.96. The van der Waals surface area contributed by atoms with E-state index in [1.54, 1.807) is 0 Å². The molecule has 0 atom stereocenters. The van der Waals surface area contributed by atoms with Gasteiger partial charge in [-0.15, -0.1) is 12.6 Å². The summed E-state index contributed by atoms with van der Waals surface area (Å²) in [4.78, 5) is 4.30. The van der Waals surface area contributed by atoms with E-state index < -0.39 is 0 Å². The van der Waals surface area contributed by atoms with Crippen molar-refractivity contribution in [3.8, 4) is 0 Å². The zero-order valence-corrected chi connectivity index (χ0v) is 7.46. The topological polar surface area (TPSA) is 12.4 Å². The van der Waals surface area contributed by atoms with Crippen LogP contribution in [0.2, 0.25) is 0 Å². The quantitative estimate of drug-likeness (QED) is 0.630.